The van der Waals surface area contributed by atoms with E-state index in [-0.39, 0.29) is 0 Å². The van der Waals surface area contributed by atoms with E-state index in [1.807, 2.05) is 6.07 Å². The minimum Gasteiger partial charge on any atom is -0.456 e. The molecule has 0 fully saturated rings. The molecule has 0 N–H and O–H groups in total. The Bertz CT molecular complexity index is 2450. The predicted molar refractivity (Wildman–Crippen MR) is 183 cm³/mol. The molecule has 8 aromatic rings. The first-order valence-electron chi connectivity index (χ1n) is 15.1. The number of benzene rings is 7. The van der Waals surface area contributed by atoms with Crippen molar-refractivity contribution in [3.8, 4) is 22.3 Å². The first kappa shape index (κ1) is 24.2. The summed E-state index contributed by atoms with van der Waals surface area (Å²) in [6.07, 6.45) is 9.14. The van der Waals surface area contributed by atoms with Crippen molar-refractivity contribution in [2.45, 2.75) is 12.8 Å². The van der Waals surface area contributed by atoms with Crippen LogP contribution in [0.3, 0.4) is 0 Å². The van der Waals surface area contributed by atoms with Gasteiger partial charge < -0.3 is 4.42 Å². The normalized spacial score (nSPS) is 13.4. The molecule has 0 bridgehead atoms. The van der Waals surface area contributed by atoms with E-state index in [0.717, 1.165) is 34.8 Å². The largest absolute Gasteiger partial charge is 0.456 e. The molecule has 0 radical (unpaired) electrons. The highest BCUT2D eigenvalue weighted by atomic mass is 16.3. The minimum absolute atomic E-state index is 0.921. The zero-order chi connectivity index (χ0) is 28.3. The van der Waals surface area contributed by atoms with Crippen LogP contribution in [-0.2, 0) is 0 Å². The number of allylic oxidation sites excluding steroid dienone is 4. The third-order valence-electron chi connectivity index (χ3n) is 9.08. The van der Waals surface area contributed by atoms with Gasteiger partial charge in [0, 0.05) is 10.8 Å². The molecule has 1 heteroatoms. The molecule has 0 unspecified atom stereocenters. The van der Waals surface area contributed by atoms with Crippen molar-refractivity contribution in [2.24, 2.45) is 0 Å². The Kier molecular flexibility index (Phi) is 5.39. The molecule has 1 heterocycles. The van der Waals surface area contributed by atoms with Crippen LogP contribution in [0.5, 0.6) is 0 Å². The molecule has 1 aliphatic rings. The fourth-order valence-electron chi connectivity index (χ4n) is 7.11. The number of hydrogen-bond acceptors (Lipinski definition) is 1. The monoisotopic (exact) mass is 548 g/mol. The maximum absolute atomic E-state index is 6.21. The lowest BCUT2D eigenvalue weighted by Gasteiger charge is -2.20. The number of furan rings is 1. The molecular weight excluding hydrogens is 520 g/mol. The fraction of sp³-hybridized carbons (Fsp3) is 0.0476. The van der Waals surface area contributed by atoms with Crippen LogP contribution in [-0.4, -0.2) is 0 Å². The van der Waals surface area contributed by atoms with Crippen LogP contribution in [0.15, 0.2) is 150 Å². The topological polar surface area (TPSA) is 13.1 Å². The van der Waals surface area contributed by atoms with Gasteiger partial charge in [-0.3, -0.25) is 0 Å². The van der Waals surface area contributed by atoms with Crippen LogP contribution in [0, 0.1) is 0 Å². The summed E-state index contributed by atoms with van der Waals surface area (Å²) in [5.74, 6) is 0. The van der Waals surface area contributed by atoms with Crippen molar-refractivity contribution in [2.75, 3.05) is 0 Å². The van der Waals surface area contributed by atoms with Crippen LogP contribution in [0.1, 0.15) is 18.4 Å². The van der Waals surface area contributed by atoms with E-state index in [9.17, 15) is 0 Å². The second kappa shape index (κ2) is 9.58. The Morgan fingerprint density at radius 3 is 1.98 bits per heavy atom. The van der Waals surface area contributed by atoms with E-state index in [1.54, 1.807) is 0 Å². The molecular formula is C42H28O. The summed E-state index contributed by atoms with van der Waals surface area (Å²) in [5, 5.41) is 9.90. The number of hydrogen-bond donors (Lipinski definition) is 0. The van der Waals surface area contributed by atoms with Gasteiger partial charge >= 0.3 is 0 Å². The first-order valence-corrected chi connectivity index (χ1v) is 15.1. The van der Waals surface area contributed by atoms with E-state index in [0.29, 0.717) is 0 Å². The third kappa shape index (κ3) is 3.78. The van der Waals surface area contributed by atoms with Crippen molar-refractivity contribution in [1.82, 2.24) is 0 Å². The molecule has 0 amide bonds. The molecule has 0 spiro atoms. The van der Waals surface area contributed by atoms with Crippen LogP contribution in [0.2, 0.25) is 0 Å². The van der Waals surface area contributed by atoms with E-state index >= 15 is 0 Å². The van der Waals surface area contributed by atoms with E-state index in [4.69, 9.17) is 4.42 Å². The second-order valence-corrected chi connectivity index (χ2v) is 11.5. The average molecular weight is 549 g/mol. The molecule has 0 saturated carbocycles. The molecule has 0 saturated heterocycles. The van der Waals surface area contributed by atoms with Crippen molar-refractivity contribution in [1.29, 1.82) is 0 Å². The summed E-state index contributed by atoms with van der Waals surface area (Å²) in [7, 11) is 0. The van der Waals surface area contributed by atoms with Crippen molar-refractivity contribution in [3.63, 3.8) is 0 Å². The second-order valence-electron chi connectivity index (χ2n) is 11.5. The van der Waals surface area contributed by atoms with Gasteiger partial charge in [0.25, 0.3) is 0 Å². The number of rotatable bonds is 3. The molecule has 43 heavy (non-hydrogen) atoms. The van der Waals surface area contributed by atoms with Gasteiger partial charge in [-0.25, -0.2) is 0 Å². The fourth-order valence-corrected chi connectivity index (χ4v) is 7.11. The SMILES string of the molecule is C1=CC(c2ccc3c(-c4ccc5oc6ccccc6c5c4)c4ccccc4c(-c4cccc5ccccc45)c3c2)=CCC1. The summed E-state index contributed by atoms with van der Waals surface area (Å²) in [6.45, 7) is 0. The summed E-state index contributed by atoms with van der Waals surface area (Å²) in [6, 6.07) is 46.5. The Balaban J connectivity index is 1.43. The lowest BCUT2D eigenvalue weighted by molar-refractivity contribution is 0.669. The summed E-state index contributed by atoms with van der Waals surface area (Å²) in [5.41, 5.74) is 9.45. The quantitative estimate of drug-likeness (QED) is 0.200. The number of para-hydroxylation sites is 1. The molecule has 1 nitrogen and oxygen atoms in total. The lowest BCUT2D eigenvalue weighted by atomic mass is 9.83. The van der Waals surface area contributed by atoms with Crippen molar-refractivity contribution in [3.05, 3.63) is 151 Å². The molecule has 202 valence electrons. The van der Waals surface area contributed by atoms with Gasteiger partial charge in [-0.05, 0) is 103 Å². The molecule has 0 aliphatic heterocycles. The highest BCUT2D eigenvalue weighted by Gasteiger charge is 2.20. The van der Waals surface area contributed by atoms with Crippen molar-refractivity contribution < 1.29 is 4.42 Å². The highest BCUT2D eigenvalue weighted by molar-refractivity contribution is 6.24. The van der Waals surface area contributed by atoms with Crippen molar-refractivity contribution >= 4 is 59.8 Å². The van der Waals surface area contributed by atoms with Gasteiger partial charge in [0.2, 0.25) is 0 Å². The van der Waals surface area contributed by atoms with Gasteiger partial charge in [0.1, 0.15) is 11.2 Å². The van der Waals surface area contributed by atoms with Gasteiger partial charge in [0.05, 0.1) is 0 Å². The molecule has 9 rings (SSSR count). The van der Waals surface area contributed by atoms with Crippen LogP contribution in [0.4, 0.5) is 0 Å². The molecule has 1 aliphatic carbocycles. The molecule has 1 aromatic heterocycles. The van der Waals surface area contributed by atoms with E-state index in [2.05, 4.69) is 140 Å². The van der Waals surface area contributed by atoms with Gasteiger partial charge in [-0.15, -0.1) is 0 Å². The Morgan fingerprint density at radius 1 is 0.442 bits per heavy atom. The first-order chi connectivity index (χ1) is 21.3. The zero-order valence-corrected chi connectivity index (χ0v) is 23.7. The predicted octanol–water partition coefficient (Wildman–Crippen LogP) is 12.1. The smallest absolute Gasteiger partial charge is 0.135 e. The minimum atomic E-state index is 0.921. The zero-order valence-electron chi connectivity index (χ0n) is 23.7. The summed E-state index contributed by atoms with van der Waals surface area (Å²) >= 11 is 0. The summed E-state index contributed by atoms with van der Waals surface area (Å²) in [4.78, 5) is 0. The number of fused-ring (bicyclic) bond motifs is 6. The Labute approximate surface area is 250 Å². The van der Waals surface area contributed by atoms with Crippen LogP contribution in [0.25, 0.3) is 82.1 Å². The van der Waals surface area contributed by atoms with Crippen LogP contribution >= 0.6 is 0 Å². The maximum Gasteiger partial charge on any atom is 0.135 e. The Morgan fingerprint density at radius 2 is 1.12 bits per heavy atom. The van der Waals surface area contributed by atoms with Gasteiger partial charge in [-0.1, -0.05) is 121 Å². The van der Waals surface area contributed by atoms with Crippen LogP contribution < -0.4 is 0 Å². The molecule has 0 atom stereocenters. The standard InChI is InChI=1S/C42H28O/c1-2-11-27(12-3-1)29-21-23-36-38(25-29)42(33-19-10-14-28-13-4-5-15-31(28)33)35-18-7-6-17-34(35)41(36)30-22-24-40-37(26-30)32-16-8-9-20-39(32)43-40/h2,4-26H,1,3H2. The van der Waals surface area contributed by atoms with Gasteiger partial charge in [0.15, 0.2) is 0 Å². The summed E-state index contributed by atoms with van der Waals surface area (Å²) < 4.78 is 6.21. The lowest BCUT2D eigenvalue weighted by Crippen LogP contribution is -1.93. The van der Waals surface area contributed by atoms with E-state index in [1.165, 1.54) is 65.7 Å². The maximum atomic E-state index is 6.21. The average Bonchev–Trinajstić information content (AvgIpc) is 3.45. The van der Waals surface area contributed by atoms with Gasteiger partial charge in [-0.2, -0.15) is 0 Å². The third-order valence-corrected chi connectivity index (χ3v) is 9.08. The highest BCUT2D eigenvalue weighted by Crippen LogP contribution is 2.47. The van der Waals surface area contributed by atoms with E-state index < -0.39 is 0 Å². The molecule has 7 aromatic carbocycles. The Hall–Kier alpha value is -5.40.